The van der Waals surface area contributed by atoms with Crippen molar-refractivity contribution in [2.24, 2.45) is 5.84 Å². The number of amides is 1. The van der Waals surface area contributed by atoms with E-state index in [0.717, 1.165) is 0 Å². The Morgan fingerprint density at radius 1 is 1.44 bits per heavy atom. The minimum absolute atomic E-state index is 0.0769. The minimum Gasteiger partial charge on any atom is -0.289 e. The average molecular weight is 247 g/mol. The Morgan fingerprint density at radius 3 is 2.78 bits per heavy atom. The summed E-state index contributed by atoms with van der Waals surface area (Å²) in [5.41, 5.74) is 2.88. The van der Waals surface area contributed by atoms with Crippen molar-refractivity contribution in [3.05, 3.63) is 33.9 Å². The Balaban J connectivity index is 2.77. The SMILES string of the molecule is CC(C)c1n[nH]c(=O)c2ccc(C(=O)NN)nc12. The number of aromatic amines is 1. The van der Waals surface area contributed by atoms with Crippen molar-refractivity contribution >= 4 is 16.8 Å². The van der Waals surface area contributed by atoms with E-state index in [2.05, 4.69) is 15.2 Å². The molecule has 0 bridgehead atoms. The van der Waals surface area contributed by atoms with Crippen LogP contribution < -0.4 is 16.8 Å². The first-order valence-electron chi connectivity index (χ1n) is 5.45. The fourth-order valence-corrected chi connectivity index (χ4v) is 1.66. The van der Waals surface area contributed by atoms with Crippen LogP contribution in [0.3, 0.4) is 0 Å². The number of nitrogen functional groups attached to an aromatic ring is 1. The summed E-state index contributed by atoms with van der Waals surface area (Å²) in [5.74, 6) is 4.62. The second-order valence-corrected chi connectivity index (χ2v) is 4.16. The molecule has 4 N–H and O–H groups in total. The summed E-state index contributed by atoms with van der Waals surface area (Å²) in [6, 6.07) is 2.99. The van der Waals surface area contributed by atoms with E-state index in [1.165, 1.54) is 6.07 Å². The van der Waals surface area contributed by atoms with E-state index in [0.29, 0.717) is 16.6 Å². The fourth-order valence-electron chi connectivity index (χ4n) is 1.66. The maximum absolute atomic E-state index is 11.6. The molecular weight excluding hydrogens is 234 g/mol. The van der Waals surface area contributed by atoms with Crippen LogP contribution >= 0.6 is 0 Å². The third-order valence-electron chi connectivity index (χ3n) is 2.57. The monoisotopic (exact) mass is 247 g/mol. The molecule has 0 aliphatic rings. The molecule has 0 saturated carbocycles. The Labute approximate surface area is 102 Å². The second kappa shape index (κ2) is 4.53. The molecule has 0 atom stereocenters. The minimum atomic E-state index is -0.508. The maximum Gasteiger partial charge on any atom is 0.283 e. The number of carbonyl (C=O) groups is 1. The van der Waals surface area contributed by atoms with Gasteiger partial charge in [-0.1, -0.05) is 13.8 Å². The van der Waals surface area contributed by atoms with Crippen molar-refractivity contribution in [1.29, 1.82) is 0 Å². The van der Waals surface area contributed by atoms with Gasteiger partial charge in [0.1, 0.15) is 11.2 Å². The normalized spacial score (nSPS) is 10.9. The van der Waals surface area contributed by atoms with Gasteiger partial charge in [0.2, 0.25) is 0 Å². The number of carbonyl (C=O) groups excluding carboxylic acids is 1. The lowest BCUT2D eigenvalue weighted by Gasteiger charge is -2.08. The van der Waals surface area contributed by atoms with E-state index in [4.69, 9.17) is 5.84 Å². The summed E-state index contributed by atoms with van der Waals surface area (Å²) in [4.78, 5) is 27.2. The summed E-state index contributed by atoms with van der Waals surface area (Å²) in [6.45, 7) is 3.86. The van der Waals surface area contributed by atoms with Crippen LogP contribution in [0.1, 0.15) is 35.9 Å². The molecule has 2 aromatic rings. The predicted molar refractivity (Wildman–Crippen MR) is 65.9 cm³/mol. The lowest BCUT2D eigenvalue weighted by atomic mass is 10.1. The van der Waals surface area contributed by atoms with Gasteiger partial charge >= 0.3 is 0 Å². The predicted octanol–water partition coefficient (Wildman–Crippen LogP) is 0.0450. The lowest BCUT2D eigenvalue weighted by Crippen LogP contribution is -2.30. The molecule has 0 aliphatic carbocycles. The van der Waals surface area contributed by atoms with Crippen molar-refractivity contribution in [2.45, 2.75) is 19.8 Å². The first-order valence-corrected chi connectivity index (χ1v) is 5.45. The zero-order chi connectivity index (χ0) is 13.3. The topological polar surface area (TPSA) is 114 Å². The Bertz CT molecular complexity index is 662. The van der Waals surface area contributed by atoms with Crippen LogP contribution in [0, 0.1) is 0 Å². The van der Waals surface area contributed by atoms with E-state index in [-0.39, 0.29) is 17.2 Å². The van der Waals surface area contributed by atoms with E-state index < -0.39 is 5.91 Å². The van der Waals surface area contributed by atoms with Crippen LogP contribution in [0.4, 0.5) is 0 Å². The fraction of sp³-hybridized carbons (Fsp3) is 0.273. The van der Waals surface area contributed by atoms with Crippen molar-refractivity contribution in [3.63, 3.8) is 0 Å². The molecule has 0 aromatic carbocycles. The highest BCUT2D eigenvalue weighted by molar-refractivity contribution is 5.94. The van der Waals surface area contributed by atoms with E-state index in [1.54, 1.807) is 6.07 Å². The van der Waals surface area contributed by atoms with Crippen molar-refractivity contribution in [1.82, 2.24) is 20.6 Å². The van der Waals surface area contributed by atoms with Gasteiger partial charge < -0.3 is 0 Å². The van der Waals surface area contributed by atoms with Gasteiger partial charge in [-0.15, -0.1) is 0 Å². The van der Waals surface area contributed by atoms with Gasteiger partial charge in [0.05, 0.1) is 11.1 Å². The third kappa shape index (κ3) is 1.95. The smallest absolute Gasteiger partial charge is 0.283 e. The zero-order valence-electron chi connectivity index (χ0n) is 10.0. The molecule has 18 heavy (non-hydrogen) atoms. The van der Waals surface area contributed by atoms with E-state index >= 15 is 0 Å². The van der Waals surface area contributed by atoms with E-state index in [9.17, 15) is 9.59 Å². The van der Waals surface area contributed by atoms with Crippen LogP contribution in [0.15, 0.2) is 16.9 Å². The number of nitrogens with zero attached hydrogens (tertiary/aromatic N) is 2. The number of rotatable bonds is 2. The zero-order valence-corrected chi connectivity index (χ0v) is 10.0. The molecule has 7 nitrogen and oxygen atoms in total. The average Bonchev–Trinajstić information content (AvgIpc) is 2.37. The number of pyridine rings is 1. The highest BCUT2D eigenvalue weighted by Gasteiger charge is 2.14. The summed E-state index contributed by atoms with van der Waals surface area (Å²) in [7, 11) is 0. The number of aromatic nitrogens is 3. The Kier molecular flexibility index (Phi) is 3.07. The summed E-state index contributed by atoms with van der Waals surface area (Å²) in [5, 5.41) is 6.79. The van der Waals surface area contributed by atoms with Crippen molar-refractivity contribution < 1.29 is 4.79 Å². The molecule has 2 aromatic heterocycles. The van der Waals surface area contributed by atoms with Crippen molar-refractivity contribution in [3.8, 4) is 0 Å². The van der Waals surface area contributed by atoms with Gasteiger partial charge in [0.15, 0.2) is 0 Å². The number of fused-ring (bicyclic) bond motifs is 1. The number of hydrazine groups is 1. The molecule has 94 valence electrons. The van der Waals surface area contributed by atoms with Gasteiger partial charge in [-0.05, 0) is 18.1 Å². The Hall–Kier alpha value is -2.28. The van der Waals surface area contributed by atoms with Crippen LogP contribution in [0.2, 0.25) is 0 Å². The van der Waals surface area contributed by atoms with Crippen LogP contribution in [-0.2, 0) is 0 Å². The Morgan fingerprint density at radius 2 is 2.17 bits per heavy atom. The molecule has 0 radical (unpaired) electrons. The first kappa shape index (κ1) is 12.2. The number of hydrogen-bond acceptors (Lipinski definition) is 5. The standard InChI is InChI=1S/C11H13N5O2/c1-5(2)8-9-6(10(17)16-15-8)3-4-7(13-9)11(18)14-12/h3-5H,12H2,1-2H3,(H,14,18)(H,16,17). The largest absolute Gasteiger partial charge is 0.289 e. The summed E-state index contributed by atoms with van der Waals surface area (Å²) >= 11 is 0. The molecule has 0 unspecified atom stereocenters. The van der Waals surface area contributed by atoms with Crippen molar-refractivity contribution in [2.75, 3.05) is 0 Å². The third-order valence-corrected chi connectivity index (χ3v) is 2.57. The molecule has 7 heteroatoms. The maximum atomic E-state index is 11.6. The van der Waals surface area contributed by atoms with Crippen LogP contribution in [0.25, 0.3) is 10.9 Å². The highest BCUT2D eigenvalue weighted by Crippen LogP contribution is 2.18. The molecule has 0 aliphatic heterocycles. The number of nitrogens with two attached hydrogens (primary N) is 1. The first-order chi connectivity index (χ1) is 8.54. The van der Waals surface area contributed by atoms with E-state index in [1.807, 2.05) is 19.3 Å². The van der Waals surface area contributed by atoms with Crippen LogP contribution in [0.5, 0.6) is 0 Å². The number of H-pyrrole nitrogens is 1. The molecule has 0 spiro atoms. The lowest BCUT2D eigenvalue weighted by molar-refractivity contribution is 0.0949. The van der Waals surface area contributed by atoms with Gasteiger partial charge in [0.25, 0.3) is 11.5 Å². The number of hydrogen-bond donors (Lipinski definition) is 3. The molecule has 2 heterocycles. The molecule has 0 fully saturated rings. The summed E-state index contributed by atoms with van der Waals surface area (Å²) in [6.07, 6.45) is 0. The quantitative estimate of drug-likeness (QED) is 0.394. The number of nitrogens with one attached hydrogen (secondary N) is 2. The highest BCUT2D eigenvalue weighted by atomic mass is 16.2. The second-order valence-electron chi connectivity index (χ2n) is 4.16. The summed E-state index contributed by atoms with van der Waals surface area (Å²) < 4.78 is 0. The van der Waals surface area contributed by atoms with Gasteiger partial charge in [-0.25, -0.2) is 15.9 Å². The van der Waals surface area contributed by atoms with Gasteiger partial charge in [-0.3, -0.25) is 15.0 Å². The van der Waals surface area contributed by atoms with Gasteiger partial charge in [0, 0.05) is 0 Å². The molecule has 0 saturated heterocycles. The molecular formula is C11H13N5O2. The molecule has 1 amide bonds. The van der Waals surface area contributed by atoms with Gasteiger partial charge in [-0.2, -0.15) is 5.10 Å². The molecule has 2 rings (SSSR count). The van der Waals surface area contributed by atoms with Crippen LogP contribution in [-0.4, -0.2) is 21.1 Å².